The molecule has 3 heterocycles. The summed E-state index contributed by atoms with van der Waals surface area (Å²) in [4.78, 5) is 18.8. The largest absolute Gasteiger partial charge is 0.493 e. The minimum atomic E-state index is -0.314. The smallest absolute Gasteiger partial charge is 0.227 e. The second-order valence-corrected chi connectivity index (χ2v) is 7.80. The summed E-state index contributed by atoms with van der Waals surface area (Å²) in [6.45, 7) is 6.39. The number of carbonyl (C=O) groups is 1. The fourth-order valence-corrected chi connectivity index (χ4v) is 4.19. The Kier molecular flexibility index (Phi) is 5.31. The summed E-state index contributed by atoms with van der Waals surface area (Å²) in [5.74, 6) is 1.06. The van der Waals surface area contributed by atoms with Crippen LogP contribution in [-0.4, -0.2) is 48.2 Å². The summed E-state index contributed by atoms with van der Waals surface area (Å²) in [7, 11) is 0. The fourth-order valence-electron chi connectivity index (χ4n) is 4.19. The van der Waals surface area contributed by atoms with Crippen molar-refractivity contribution in [3.63, 3.8) is 0 Å². The zero-order valence-corrected chi connectivity index (χ0v) is 16.2. The van der Waals surface area contributed by atoms with Crippen molar-refractivity contribution in [2.75, 3.05) is 26.3 Å². The van der Waals surface area contributed by atoms with Gasteiger partial charge < -0.3 is 14.4 Å². The van der Waals surface area contributed by atoms with E-state index in [9.17, 15) is 9.18 Å². The molecule has 6 heteroatoms. The number of nitrogens with zero attached hydrogens (tertiary/aromatic N) is 2. The van der Waals surface area contributed by atoms with E-state index in [1.165, 1.54) is 12.1 Å². The van der Waals surface area contributed by atoms with Gasteiger partial charge in [0, 0.05) is 48.4 Å². The van der Waals surface area contributed by atoms with E-state index < -0.39 is 0 Å². The summed E-state index contributed by atoms with van der Waals surface area (Å²) in [6.07, 6.45) is 0.277. The number of carbonyl (C=O) groups excluding carboxylic acids is 1. The van der Waals surface area contributed by atoms with E-state index in [-0.39, 0.29) is 36.1 Å². The van der Waals surface area contributed by atoms with Crippen LogP contribution in [0.5, 0.6) is 5.75 Å². The molecule has 0 N–H and O–H groups in total. The molecule has 0 radical (unpaired) electrons. The highest BCUT2D eigenvalue weighted by Crippen LogP contribution is 2.34. The molecule has 2 aromatic rings. The number of benzene rings is 1. The lowest BCUT2D eigenvalue weighted by atomic mass is 9.94. The standard InChI is InChI=1S/C22H25FN2O3/c1-14-6-19(7-15(2)24-14)27-12-17-13-28-21-11-25(10-20(17)21)22(26)9-16-4-3-5-18(23)8-16/h3-8,17,20-21H,9-13H2,1-2H3/t17-,20+,21+/m0/s1. The lowest BCUT2D eigenvalue weighted by molar-refractivity contribution is -0.130. The highest BCUT2D eigenvalue weighted by Gasteiger charge is 2.45. The van der Waals surface area contributed by atoms with Crippen molar-refractivity contribution in [2.24, 2.45) is 11.8 Å². The van der Waals surface area contributed by atoms with Gasteiger partial charge in [-0.1, -0.05) is 12.1 Å². The first-order valence-electron chi connectivity index (χ1n) is 9.70. The maximum absolute atomic E-state index is 13.3. The Hall–Kier alpha value is -2.47. The average molecular weight is 384 g/mol. The Morgan fingerprint density at radius 1 is 1.25 bits per heavy atom. The van der Waals surface area contributed by atoms with Crippen molar-refractivity contribution >= 4 is 5.91 Å². The molecule has 4 rings (SSSR count). The first kappa shape index (κ1) is 18.9. The number of rotatable bonds is 5. The van der Waals surface area contributed by atoms with Gasteiger partial charge in [-0.25, -0.2) is 4.39 Å². The number of aryl methyl sites for hydroxylation is 2. The number of likely N-dealkylation sites (tertiary alicyclic amines) is 1. The molecule has 148 valence electrons. The highest BCUT2D eigenvalue weighted by molar-refractivity contribution is 5.79. The summed E-state index contributed by atoms with van der Waals surface area (Å²) >= 11 is 0. The second-order valence-electron chi connectivity index (χ2n) is 7.80. The Morgan fingerprint density at radius 3 is 2.79 bits per heavy atom. The van der Waals surface area contributed by atoms with Crippen LogP contribution in [0.1, 0.15) is 17.0 Å². The zero-order chi connectivity index (χ0) is 19.7. The molecule has 1 amide bonds. The highest BCUT2D eigenvalue weighted by atomic mass is 19.1. The van der Waals surface area contributed by atoms with Crippen LogP contribution in [0.25, 0.3) is 0 Å². The molecule has 2 saturated heterocycles. The van der Waals surface area contributed by atoms with Crippen LogP contribution in [0.15, 0.2) is 36.4 Å². The maximum atomic E-state index is 13.3. The van der Waals surface area contributed by atoms with Gasteiger partial charge in [-0.3, -0.25) is 9.78 Å². The predicted molar refractivity (Wildman–Crippen MR) is 103 cm³/mol. The van der Waals surface area contributed by atoms with Crippen LogP contribution in [0.3, 0.4) is 0 Å². The lowest BCUT2D eigenvalue weighted by Crippen LogP contribution is -2.33. The molecular weight excluding hydrogens is 359 g/mol. The van der Waals surface area contributed by atoms with E-state index in [0.717, 1.165) is 17.1 Å². The molecular formula is C22H25FN2O3. The zero-order valence-electron chi connectivity index (χ0n) is 16.2. The molecule has 0 bridgehead atoms. The van der Waals surface area contributed by atoms with E-state index >= 15 is 0 Å². The second kappa shape index (κ2) is 7.87. The van der Waals surface area contributed by atoms with Crippen LogP contribution >= 0.6 is 0 Å². The number of aromatic nitrogens is 1. The van der Waals surface area contributed by atoms with Crippen LogP contribution in [0.2, 0.25) is 0 Å². The van der Waals surface area contributed by atoms with E-state index in [0.29, 0.717) is 31.9 Å². The Labute approximate surface area is 164 Å². The molecule has 2 aliphatic heterocycles. The van der Waals surface area contributed by atoms with E-state index in [4.69, 9.17) is 9.47 Å². The normalized spacial score (nSPS) is 23.7. The van der Waals surface area contributed by atoms with Crippen LogP contribution in [0.4, 0.5) is 4.39 Å². The molecule has 1 aromatic carbocycles. The SMILES string of the molecule is Cc1cc(OC[C@H]2CO[C@@H]3CN(C(=O)Cc4cccc(F)c4)C[C@H]23)cc(C)n1. The van der Waals surface area contributed by atoms with Crippen molar-refractivity contribution in [2.45, 2.75) is 26.4 Å². The van der Waals surface area contributed by atoms with Gasteiger partial charge in [-0.05, 0) is 31.5 Å². The average Bonchev–Trinajstić information content (AvgIpc) is 3.20. The van der Waals surface area contributed by atoms with Gasteiger partial charge in [0.15, 0.2) is 0 Å². The third-order valence-electron chi connectivity index (χ3n) is 5.56. The number of amides is 1. The van der Waals surface area contributed by atoms with Gasteiger partial charge in [0.1, 0.15) is 11.6 Å². The molecule has 0 saturated carbocycles. The molecule has 2 aliphatic rings. The first-order chi connectivity index (χ1) is 13.5. The minimum Gasteiger partial charge on any atom is -0.493 e. The lowest BCUT2D eigenvalue weighted by Gasteiger charge is -2.20. The Bertz CT molecular complexity index is 852. The molecule has 1 aromatic heterocycles. The van der Waals surface area contributed by atoms with Gasteiger partial charge in [0.2, 0.25) is 5.91 Å². The van der Waals surface area contributed by atoms with Crippen LogP contribution < -0.4 is 4.74 Å². The molecule has 5 nitrogen and oxygen atoms in total. The summed E-state index contributed by atoms with van der Waals surface area (Å²) in [5.41, 5.74) is 2.57. The molecule has 3 atom stereocenters. The van der Waals surface area contributed by atoms with Gasteiger partial charge in [0.05, 0.1) is 25.7 Å². The summed E-state index contributed by atoms with van der Waals surface area (Å²) in [5, 5.41) is 0. The van der Waals surface area contributed by atoms with E-state index in [1.807, 2.05) is 30.9 Å². The molecule has 2 fully saturated rings. The molecule has 28 heavy (non-hydrogen) atoms. The quantitative estimate of drug-likeness (QED) is 0.795. The Balaban J connectivity index is 1.34. The third-order valence-corrected chi connectivity index (χ3v) is 5.56. The van der Waals surface area contributed by atoms with Crippen molar-refractivity contribution in [1.82, 2.24) is 9.88 Å². The van der Waals surface area contributed by atoms with Crippen molar-refractivity contribution in [3.05, 3.63) is 59.2 Å². The summed E-state index contributed by atoms with van der Waals surface area (Å²) in [6, 6.07) is 10.1. The van der Waals surface area contributed by atoms with Crippen LogP contribution in [0, 0.1) is 31.5 Å². The fraction of sp³-hybridized carbons (Fsp3) is 0.455. The van der Waals surface area contributed by atoms with Gasteiger partial charge in [0.25, 0.3) is 0 Å². The third kappa shape index (κ3) is 4.17. The predicted octanol–water partition coefficient (Wildman–Crippen LogP) is 2.93. The first-order valence-corrected chi connectivity index (χ1v) is 9.70. The van der Waals surface area contributed by atoms with Crippen LogP contribution in [-0.2, 0) is 16.0 Å². The van der Waals surface area contributed by atoms with Gasteiger partial charge >= 0.3 is 0 Å². The number of halogens is 1. The number of fused-ring (bicyclic) bond motifs is 1. The monoisotopic (exact) mass is 384 g/mol. The van der Waals surface area contributed by atoms with E-state index in [2.05, 4.69) is 4.98 Å². The molecule has 0 unspecified atom stereocenters. The van der Waals surface area contributed by atoms with Crippen molar-refractivity contribution in [1.29, 1.82) is 0 Å². The molecule has 0 aliphatic carbocycles. The van der Waals surface area contributed by atoms with Crippen molar-refractivity contribution in [3.8, 4) is 5.75 Å². The topological polar surface area (TPSA) is 51.7 Å². The van der Waals surface area contributed by atoms with Gasteiger partial charge in [-0.15, -0.1) is 0 Å². The van der Waals surface area contributed by atoms with Gasteiger partial charge in [-0.2, -0.15) is 0 Å². The number of hydrogen-bond acceptors (Lipinski definition) is 4. The summed E-state index contributed by atoms with van der Waals surface area (Å²) < 4.78 is 25.3. The Morgan fingerprint density at radius 2 is 2.04 bits per heavy atom. The maximum Gasteiger partial charge on any atom is 0.227 e. The number of ether oxygens (including phenoxy) is 2. The minimum absolute atomic E-state index is 0.0173. The van der Waals surface area contributed by atoms with E-state index in [1.54, 1.807) is 12.1 Å². The number of pyridine rings is 1. The van der Waals surface area contributed by atoms with Crippen molar-refractivity contribution < 1.29 is 18.7 Å². The number of hydrogen-bond donors (Lipinski definition) is 0. The molecule has 0 spiro atoms.